The smallest absolute Gasteiger partial charge is 0.360 e. The van der Waals surface area contributed by atoms with Crippen LogP contribution in [0.2, 0.25) is 0 Å². The third kappa shape index (κ3) is 2.90. The zero-order valence-electron chi connectivity index (χ0n) is 10.6. The first-order valence-electron chi connectivity index (χ1n) is 5.80. The van der Waals surface area contributed by atoms with Gasteiger partial charge in [-0.05, 0) is 19.1 Å². The van der Waals surface area contributed by atoms with E-state index in [0.717, 1.165) is 0 Å². The molecule has 1 aliphatic heterocycles. The molecule has 0 spiro atoms. The Morgan fingerprint density at radius 1 is 1.37 bits per heavy atom. The van der Waals surface area contributed by atoms with Crippen molar-refractivity contribution in [1.82, 2.24) is 0 Å². The first-order valence-corrected chi connectivity index (χ1v) is 5.80. The standard InChI is InChI=1S/C13H13NO5/c1-3-17-12(16)11-13(18-8(2)15)19-10-7-5-4-6-9(10)14-11/h4-7,13H,3H2,1-2H3/t13-/m0/s1. The number of hydrogen-bond acceptors (Lipinski definition) is 6. The predicted octanol–water partition coefficient (Wildman–Crippen LogP) is 1.60. The van der Waals surface area contributed by atoms with Gasteiger partial charge in [0.15, 0.2) is 0 Å². The summed E-state index contributed by atoms with van der Waals surface area (Å²) in [5.74, 6) is -0.786. The van der Waals surface area contributed by atoms with E-state index < -0.39 is 18.2 Å². The minimum absolute atomic E-state index is 0.0734. The summed E-state index contributed by atoms with van der Waals surface area (Å²) in [4.78, 5) is 27.0. The van der Waals surface area contributed by atoms with Crippen molar-refractivity contribution in [2.24, 2.45) is 4.99 Å². The van der Waals surface area contributed by atoms with E-state index in [-0.39, 0.29) is 12.3 Å². The summed E-state index contributed by atoms with van der Waals surface area (Å²) < 4.78 is 15.3. The van der Waals surface area contributed by atoms with Gasteiger partial charge in [-0.3, -0.25) is 4.79 Å². The Kier molecular flexibility index (Phi) is 3.79. The number of para-hydroxylation sites is 2. The van der Waals surface area contributed by atoms with E-state index in [1.165, 1.54) is 6.92 Å². The summed E-state index contributed by atoms with van der Waals surface area (Å²) in [6.45, 7) is 3.11. The van der Waals surface area contributed by atoms with Crippen molar-refractivity contribution in [2.45, 2.75) is 20.1 Å². The quantitative estimate of drug-likeness (QED) is 0.774. The summed E-state index contributed by atoms with van der Waals surface area (Å²) in [7, 11) is 0. The lowest BCUT2D eigenvalue weighted by atomic mass is 10.2. The number of fused-ring (bicyclic) bond motifs is 1. The largest absolute Gasteiger partial charge is 0.461 e. The SMILES string of the molecule is CCOC(=O)C1=Nc2ccccc2O[C@@H]1OC(C)=O. The van der Waals surface area contributed by atoms with E-state index in [1.54, 1.807) is 31.2 Å². The fourth-order valence-corrected chi connectivity index (χ4v) is 1.58. The van der Waals surface area contributed by atoms with Crippen LogP contribution in [0.1, 0.15) is 13.8 Å². The van der Waals surface area contributed by atoms with Crippen LogP contribution < -0.4 is 4.74 Å². The normalized spacial score (nSPS) is 16.7. The molecule has 0 fully saturated rings. The third-order valence-electron chi connectivity index (χ3n) is 2.32. The molecule has 0 aromatic heterocycles. The number of nitrogens with zero attached hydrogens (tertiary/aromatic N) is 1. The van der Waals surface area contributed by atoms with E-state index in [9.17, 15) is 9.59 Å². The molecule has 0 N–H and O–H groups in total. The van der Waals surface area contributed by atoms with Crippen LogP contribution in [0.5, 0.6) is 5.75 Å². The lowest BCUT2D eigenvalue weighted by Crippen LogP contribution is -2.39. The van der Waals surface area contributed by atoms with Crippen LogP contribution in [0.3, 0.4) is 0 Å². The number of esters is 2. The van der Waals surface area contributed by atoms with Crippen LogP contribution in [0.25, 0.3) is 0 Å². The number of carbonyl (C=O) groups is 2. The van der Waals surface area contributed by atoms with Gasteiger partial charge in [-0.2, -0.15) is 0 Å². The van der Waals surface area contributed by atoms with Gasteiger partial charge in [-0.1, -0.05) is 12.1 Å². The van der Waals surface area contributed by atoms with Crippen LogP contribution in [0.4, 0.5) is 5.69 Å². The van der Waals surface area contributed by atoms with Gasteiger partial charge in [0.2, 0.25) is 5.71 Å². The molecule has 6 nitrogen and oxygen atoms in total. The molecule has 1 atom stereocenters. The molecule has 0 aliphatic carbocycles. The second kappa shape index (κ2) is 5.51. The van der Waals surface area contributed by atoms with Crippen molar-refractivity contribution in [2.75, 3.05) is 6.61 Å². The van der Waals surface area contributed by atoms with Crippen LogP contribution in [-0.2, 0) is 19.1 Å². The maximum Gasteiger partial charge on any atom is 0.360 e. The van der Waals surface area contributed by atoms with Crippen molar-refractivity contribution in [3.8, 4) is 5.75 Å². The summed E-state index contributed by atoms with van der Waals surface area (Å²) in [6, 6.07) is 6.89. The average Bonchev–Trinajstić information content (AvgIpc) is 2.37. The molecule has 1 aliphatic rings. The Bertz CT molecular complexity index is 538. The first kappa shape index (κ1) is 13.1. The van der Waals surface area contributed by atoms with Gasteiger partial charge < -0.3 is 14.2 Å². The fraction of sp³-hybridized carbons (Fsp3) is 0.308. The van der Waals surface area contributed by atoms with Gasteiger partial charge in [0.1, 0.15) is 11.4 Å². The number of aliphatic imine (C=N–C) groups is 1. The maximum absolute atomic E-state index is 11.8. The van der Waals surface area contributed by atoms with Crippen molar-refractivity contribution < 1.29 is 23.8 Å². The van der Waals surface area contributed by atoms with Crippen molar-refractivity contribution in [3.05, 3.63) is 24.3 Å². The minimum Gasteiger partial charge on any atom is -0.461 e. The van der Waals surface area contributed by atoms with E-state index >= 15 is 0 Å². The Hall–Kier alpha value is -2.37. The van der Waals surface area contributed by atoms with Crippen LogP contribution in [0, 0.1) is 0 Å². The lowest BCUT2D eigenvalue weighted by molar-refractivity contribution is -0.154. The maximum atomic E-state index is 11.8. The summed E-state index contributed by atoms with van der Waals surface area (Å²) in [5.41, 5.74) is 0.421. The van der Waals surface area contributed by atoms with E-state index in [1.807, 2.05) is 0 Å². The zero-order chi connectivity index (χ0) is 13.8. The van der Waals surface area contributed by atoms with Crippen molar-refractivity contribution in [3.63, 3.8) is 0 Å². The molecule has 2 rings (SSSR count). The number of carbonyl (C=O) groups excluding carboxylic acids is 2. The molecule has 0 saturated carbocycles. The number of benzene rings is 1. The highest BCUT2D eigenvalue weighted by atomic mass is 16.7. The molecule has 0 radical (unpaired) electrons. The number of hydrogen-bond donors (Lipinski definition) is 0. The zero-order valence-corrected chi connectivity index (χ0v) is 10.6. The highest BCUT2D eigenvalue weighted by Crippen LogP contribution is 2.32. The van der Waals surface area contributed by atoms with Gasteiger partial charge in [0, 0.05) is 6.92 Å². The highest BCUT2D eigenvalue weighted by molar-refractivity contribution is 6.39. The minimum atomic E-state index is -1.17. The Morgan fingerprint density at radius 3 is 2.79 bits per heavy atom. The number of rotatable bonds is 3. The second-order valence-corrected chi connectivity index (χ2v) is 3.74. The van der Waals surface area contributed by atoms with Gasteiger partial charge >= 0.3 is 11.9 Å². The molecule has 1 aromatic carbocycles. The van der Waals surface area contributed by atoms with E-state index in [4.69, 9.17) is 14.2 Å². The van der Waals surface area contributed by atoms with E-state index in [2.05, 4.69) is 4.99 Å². The van der Waals surface area contributed by atoms with Crippen LogP contribution in [-0.4, -0.2) is 30.5 Å². The summed E-state index contributed by atoms with van der Waals surface area (Å²) >= 11 is 0. The Balaban J connectivity index is 2.35. The number of ether oxygens (including phenoxy) is 3. The first-order chi connectivity index (χ1) is 9.11. The Labute approximate surface area is 110 Å². The predicted molar refractivity (Wildman–Crippen MR) is 66.4 cm³/mol. The van der Waals surface area contributed by atoms with Crippen LogP contribution >= 0.6 is 0 Å². The van der Waals surface area contributed by atoms with Gasteiger partial charge in [0.25, 0.3) is 6.29 Å². The van der Waals surface area contributed by atoms with Crippen molar-refractivity contribution >= 4 is 23.3 Å². The topological polar surface area (TPSA) is 74.2 Å². The summed E-state index contributed by atoms with van der Waals surface area (Å²) in [5, 5.41) is 0. The van der Waals surface area contributed by atoms with Gasteiger partial charge in [-0.15, -0.1) is 0 Å². The highest BCUT2D eigenvalue weighted by Gasteiger charge is 2.33. The van der Waals surface area contributed by atoms with Gasteiger partial charge in [-0.25, -0.2) is 9.79 Å². The van der Waals surface area contributed by atoms with Gasteiger partial charge in [0.05, 0.1) is 6.61 Å². The molecule has 6 heteroatoms. The molecule has 0 bridgehead atoms. The second-order valence-electron chi connectivity index (χ2n) is 3.74. The molecule has 1 aromatic rings. The molecule has 0 saturated heterocycles. The lowest BCUT2D eigenvalue weighted by Gasteiger charge is -2.24. The molecule has 100 valence electrons. The molecule has 0 unspecified atom stereocenters. The summed E-state index contributed by atoms with van der Waals surface area (Å²) in [6.07, 6.45) is -1.17. The average molecular weight is 263 g/mol. The van der Waals surface area contributed by atoms with E-state index in [0.29, 0.717) is 11.4 Å². The van der Waals surface area contributed by atoms with Crippen molar-refractivity contribution in [1.29, 1.82) is 0 Å². The van der Waals surface area contributed by atoms with Crippen LogP contribution in [0.15, 0.2) is 29.3 Å². The molecule has 0 amide bonds. The fourth-order valence-electron chi connectivity index (χ4n) is 1.58. The molecule has 1 heterocycles. The monoisotopic (exact) mass is 263 g/mol. The molecular formula is C13H13NO5. The Morgan fingerprint density at radius 2 is 2.11 bits per heavy atom. The third-order valence-corrected chi connectivity index (χ3v) is 2.32. The molecule has 19 heavy (non-hydrogen) atoms. The molecular weight excluding hydrogens is 250 g/mol.